The van der Waals surface area contributed by atoms with Crippen molar-refractivity contribution in [3.63, 3.8) is 0 Å². The second kappa shape index (κ2) is 4.09. The summed E-state index contributed by atoms with van der Waals surface area (Å²) in [4.78, 5) is 11.6. The van der Waals surface area contributed by atoms with Crippen LogP contribution in [0, 0.1) is 5.41 Å². The highest BCUT2D eigenvalue weighted by atomic mass is 16.5. The maximum Gasteiger partial charge on any atom is 0.314 e. The van der Waals surface area contributed by atoms with Gasteiger partial charge in [0.05, 0.1) is 18.6 Å². The Morgan fingerprint density at radius 3 is 2.77 bits per heavy atom. The fourth-order valence-electron chi connectivity index (χ4n) is 2.33. The molecular formula is C10H18O3. The van der Waals surface area contributed by atoms with Crippen LogP contribution in [0.1, 0.15) is 39.0 Å². The summed E-state index contributed by atoms with van der Waals surface area (Å²) in [6, 6.07) is 0. The molecule has 1 N–H and O–H groups in total. The number of ether oxygens (including phenoxy) is 1. The summed E-state index contributed by atoms with van der Waals surface area (Å²) in [6.07, 6.45) is 3.58. The zero-order chi connectivity index (χ0) is 9.90. The van der Waals surface area contributed by atoms with Crippen LogP contribution in [0.15, 0.2) is 0 Å². The lowest BCUT2D eigenvalue weighted by atomic mass is 9.80. The van der Waals surface area contributed by atoms with Gasteiger partial charge in [-0.05, 0) is 25.7 Å². The van der Waals surface area contributed by atoms with E-state index in [9.17, 15) is 9.90 Å². The molecule has 13 heavy (non-hydrogen) atoms. The van der Waals surface area contributed by atoms with Crippen molar-refractivity contribution in [1.82, 2.24) is 0 Å². The minimum atomic E-state index is -0.594. The van der Waals surface area contributed by atoms with Crippen molar-refractivity contribution in [2.75, 3.05) is 7.11 Å². The molecule has 1 rings (SSSR count). The molecule has 76 valence electrons. The molecule has 0 bridgehead atoms. The first-order chi connectivity index (χ1) is 6.17. The Morgan fingerprint density at radius 2 is 2.38 bits per heavy atom. The molecule has 0 unspecified atom stereocenters. The second-order valence-electron chi connectivity index (χ2n) is 3.81. The van der Waals surface area contributed by atoms with E-state index in [2.05, 4.69) is 0 Å². The zero-order valence-electron chi connectivity index (χ0n) is 8.38. The largest absolute Gasteiger partial charge is 0.469 e. The highest BCUT2D eigenvalue weighted by Gasteiger charge is 2.48. The van der Waals surface area contributed by atoms with Crippen molar-refractivity contribution in [3.05, 3.63) is 0 Å². The van der Waals surface area contributed by atoms with Gasteiger partial charge in [-0.1, -0.05) is 13.3 Å². The van der Waals surface area contributed by atoms with Gasteiger partial charge in [0.1, 0.15) is 0 Å². The van der Waals surface area contributed by atoms with Crippen LogP contribution in [0.25, 0.3) is 0 Å². The maximum atomic E-state index is 11.6. The quantitative estimate of drug-likeness (QED) is 0.679. The lowest BCUT2D eigenvalue weighted by Crippen LogP contribution is -2.39. The molecule has 0 aromatic rings. The molecule has 3 nitrogen and oxygen atoms in total. The van der Waals surface area contributed by atoms with Gasteiger partial charge >= 0.3 is 5.97 Å². The van der Waals surface area contributed by atoms with Crippen LogP contribution in [-0.2, 0) is 9.53 Å². The molecule has 0 radical (unpaired) electrons. The summed E-state index contributed by atoms with van der Waals surface area (Å²) in [7, 11) is 1.39. The van der Waals surface area contributed by atoms with E-state index in [0.717, 1.165) is 32.1 Å². The summed E-state index contributed by atoms with van der Waals surface area (Å²) >= 11 is 0. The molecule has 0 saturated heterocycles. The monoisotopic (exact) mass is 186 g/mol. The van der Waals surface area contributed by atoms with E-state index >= 15 is 0 Å². The average molecular weight is 186 g/mol. The molecular weight excluding hydrogens is 168 g/mol. The molecule has 0 amide bonds. The second-order valence-corrected chi connectivity index (χ2v) is 3.81. The fourth-order valence-corrected chi connectivity index (χ4v) is 2.33. The molecule has 0 heterocycles. The predicted molar refractivity (Wildman–Crippen MR) is 49.2 cm³/mol. The first kappa shape index (κ1) is 10.5. The number of hydrogen-bond acceptors (Lipinski definition) is 3. The van der Waals surface area contributed by atoms with Crippen molar-refractivity contribution in [2.45, 2.75) is 45.1 Å². The van der Waals surface area contributed by atoms with E-state index in [1.165, 1.54) is 7.11 Å². The van der Waals surface area contributed by atoms with Crippen LogP contribution in [0.2, 0.25) is 0 Å². The highest BCUT2D eigenvalue weighted by molar-refractivity contribution is 5.77. The van der Waals surface area contributed by atoms with E-state index in [1.54, 1.807) is 0 Å². The van der Waals surface area contributed by atoms with Crippen LogP contribution in [-0.4, -0.2) is 24.3 Å². The number of methoxy groups -OCH3 is 1. The van der Waals surface area contributed by atoms with Crippen molar-refractivity contribution in [3.8, 4) is 0 Å². The van der Waals surface area contributed by atoms with Crippen LogP contribution in [0.4, 0.5) is 0 Å². The molecule has 0 aromatic heterocycles. The van der Waals surface area contributed by atoms with Gasteiger partial charge in [0.15, 0.2) is 0 Å². The summed E-state index contributed by atoms with van der Waals surface area (Å²) in [5.41, 5.74) is -0.594. The van der Waals surface area contributed by atoms with E-state index in [-0.39, 0.29) is 5.97 Å². The van der Waals surface area contributed by atoms with Crippen LogP contribution in [0.3, 0.4) is 0 Å². The van der Waals surface area contributed by atoms with E-state index in [1.807, 2.05) is 6.92 Å². The van der Waals surface area contributed by atoms with Gasteiger partial charge in [0.2, 0.25) is 0 Å². The molecule has 1 fully saturated rings. The number of carbonyl (C=O) groups is 1. The average Bonchev–Trinajstić information content (AvgIpc) is 2.48. The van der Waals surface area contributed by atoms with Crippen molar-refractivity contribution >= 4 is 5.97 Å². The van der Waals surface area contributed by atoms with Gasteiger partial charge in [-0.3, -0.25) is 4.79 Å². The minimum absolute atomic E-state index is 0.237. The van der Waals surface area contributed by atoms with Crippen LogP contribution in [0.5, 0.6) is 0 Å². The summed E-state index contributed by atoms with van der Waals surface area (Å²) in [5, 5.41) is 9.77. The molecule has 3 heteroatoms. The Morgan fingerprint density at radius 1 is 1.69 bits per heavy atom. The standard InChI is InChI=1S/C10H18O3/c1-3-6-10(9(12)13-2)7-4-5-8(10)11/h8,11H,3-7H2,1-2H3/t8-,10+/m1/s1. The Hall–Kier alpha value is -0.570. The van der Waals surface area contributed by atoms with Crippen molar-refractivity contribution < 1.29 is 14.6 Å². The Bertz CT molecular complexity index is 191. The third-order valence-electron chi connectivity index (χ3n) is 3.03. The number of hydrogen-bond donors (Lipinski definition) is 1. The molecule has 0 spiro atoms. The first-order valence-corrected chi connectivity index (χ1v) is 4.94. The first-order valence-electron chi connectivity index (χ1n) is 4.94. The molecule has 1 aliphatic rings. The number of aliphatic hydroxyl groups is 1. The number of carbonyl (C=O) groups excluding carboxylic acids is 1. The summed E-state index contributed by atoms with van der Waals surface area (Å²) < 4.78 is 4.76. The smallest absolute Gasteiger partial charge is 0.314 e. The van der Waals surface area contributed by atoms with Gasteiger partial charge in [-0.2, -0.15) is 0 Å². The van der Waals surface area contributed by atoms with E-state index in [0.29, 0.717) is 0 Å². The van der Waals surface area contributed by atoms with Gasteiger partial charge in [-0.25, -0.2) is 0 Å². The summed E-state index contributed by atoms with van der Waals surface area (Å²) in [5.74, 6) is -0.237. The van der Waals surface area contributed by atoms with Crippen molar-refractivity contribution in [1.29, 1.82) is 0 Å². The lowest BCUT2D eigenvalue weighted by Gasteiger charge is -2.29. The molecule has 2 atom stereocenters. The van der Waals surface area contributed by atoms with Crippen molar-refractivity contribution in [2.24, 2.45) is 5.41 Å². The lowest BCUT2D eigenvalue weighted by molar-refractivity contribution is -0.159. The predicted octanol–water partition coefficient (Wildman–Crippen LogP) is 1.49. The normalized spacial score (nSPS) is 33.3. The van der Waals surface area contributed by atoms with Gasteiger partial charge in [-0.15, -0.1) is 0 Å². The molecule has 1 aliphatic carbocycles. The third kappa shape index (κ3) is 1.70. The number of aliphatic hydroxyl groups excluding tert-OH is 1. The third-order valence-corrected chi connectivity index (χ3v) is 3.03. The minimum Gasteiger partial charge on any atom is -0.469 e. The Labute approximate surface area is 79.1 Å². The van der Waals surface area contributed by atoms with Gasteiger partial charge in [0.25, 0.3) is 0 Å². The Kier molecular flexibility index (Phi) is 3.31. The summed E-state index contributed by atoms with van der Waals surface area (Å²) in [6.45, 7) is 2.02. The number of rotatable bonds is 3. The SMILES string of the molecule is CCC[C@]1(C(=O)OC)CCC[C@H]1O. The molecule has 1 saturated carbocycles. The van der Waals surface area contributed by atoms with Crippen LogP contribution >= 0.6 is 0 Å². The zero-order valence-corrected chi connectivity index (χ0v) is 8.38. The van der Waals surface area contributed by atoms with Gasteiger partial charge < -0.3 is 9.84 Å². The topological polar surface area (TPSA) is 46.5 Å². The van der Waals surface area contributed by atoms with E-state index in [4.69, 9.17) is 4.74 Å². The highest BCUT2D eigenvalue weighted by Crippen LogP contribution is 2.43. The van der Waals surface area contributed by atoms with Gasteiger partial charge in [0, 0.05) is 0 Å². The van der Waals surface area contributed by atoms with E-state index < -0.39 is 11.5 Å². The maximum absolute atomic E-state index is 11.6. The van der Waals surface area contributed by atoms with Crippen LogP contribution < -0.4 is 0 Å². The molecule has 0 aliphatic heterocycles. The fraction of sp³-hybridized carbons (Fsp3) is 0.900. The Balaban J connectivity index is 2.79. The molecule has 0 aromatic carbocycles. The number of esters is 1.